The van der Waals surface area contributed by atoms with Crippen molar-refractivity contribution in [1.82, 2.24) is 9.78 Å². The Bertz CT molecular complexity index is 947. The Balaban J connectivity index is 2.05. The molecule has 0 atom stereocenters. The maximum Gasteiger partial charge on any atom is 0.435 e. The summed E-state index contributed by atoms with van der Waals surface area (Å²) in [5, 5.41) is 4.88. The van der Waals surface area contributed by atoms with Crippen molar-refractivity contribution in [3.05, 3.63) is 52.0 Å². The molecule has 0 spiro atoms. The van der Waals surface area contributed by atoms with Gasteiger partial charge in [-0.3, -0.25) is 0 Å². The Morgan fingerprint density at radius 3 is 2.48 bits per heavy atom. The molecule has 0 unspecified atom stereocenters. The summed E-state index contributed by atoms with van der Waals surface area (Å²) in [7, 11) is 0. The lowest BCUT2D eigenvalue weighted by Gasteiger charge is -2.19. The second-order valence-electron chi connectivity index (χ2n) is 6.37. The van der Waals surface area contributed by atoms with E-state index in [1.807, 2.05) is 22.6 Å². The molecule has 0 amide bonds. The largest absolute Gasteiger partial charge is 0.453 e. The number of ether oxygens (including phenoxy) is 2. The number of carbonyl (C=O) groups is 1. The number of carbonyl (C=O) groups excluding carboxylic acids is 1. The van der Waals surface area contributed by atoms with Crippen LogP contribution in [0.3, 0.4) is 0 Å². The highest BCUT2D eigenvalue weighted by Gasteiger charge is 2.23. The molecule has 0 aliphatic heterocycles. The number of aromatic nitrogens is 2. The minimum atomic E-state index is -0.637. The summed E-state index contributed by atoms with van der Waals surface area (Å²) in [5.74, 6) is 0.0617. The number of para-hydroxylation sites is 1. The van der Waals surface area contributed by atoms with Gasteiger partial charge in [0.05, 0.1) is 10.9 Å². The predicted octanol–water partition coefficient (Wildman–Crippen LogP) is 5.36. The molecule has 0 saturated heterocycles. The van der Waals surface area contributed by atoms with Gasteiger partial charge < -0.3 is 9.47 Å². The van der Waals surface area contributed by atoms with Gasteiger partial charge in [-0.2, -0.15) is 9.78 Å². The first-order valence-corrected chi connectivity index (χ1v) is 8.67. The van der Waals surface area contributed by atoms with Crippen molar-refractivity contribution >= 4 is 39.6 Å². The molecule has 0 N–H and O–H groups in total. The molecule has 1 aromatic heterocycles. The van der Waals surface area contributed by atoms with Crippen LogP contribution >= 0.6 is 22.6 Å². The average Bonchev–Trinajstić information content (AvgIpc) is 2.86. The average molecular weight is 454 g/mol. The standard InChI is InChI=1S/C18H16FIN2O3/c1-18(2,3)25-17(23)22-12-8-6-10-14(15(12)16(20)21-22)24-13-9-5-4-7-11(13)19/h4-10H,1-3H3. The first kappa shape index (κ1) is 17.7. The van der Waals surface area contributed by atoms with E-state index in [2.05, 4.69) is 5.10 Å². The second-order valence-corrected chi connectivity index (χ2v) is 7.39. The molecule has 3 rings (SSSR count). The van der Waals surface area contributed by atoms with Crippen LogP contribution in [-0.2, 0) is 4.74 Å². The zero-order valence-electron chi connectivity index (χ0n) is 13.9. The SMILES string of the molecule is CC(C)(C)OC(=O)n1nc(I)c2c(Oc3ccccc3F)cccc21. The van der Waals surface area contributed by atoms with Gasteiger partial charge >= 0.3 is 6.09 Å². The number of rotatable bonds is 2. The maximum absolute atomic E-state index is 13.9. The highest BCUT2D eigenvalue weighted by molar-refractivity contribution is 14.1. The molecule has 0 aliphatic carbocycles. The van der Waals surface area contributed by atoms with Gasteiger partial charge in [-0.25, -0.2) is 9.18 Å². The van der Waals surface area contributed by atoms with Crippen LogP contribution in [0.1, 0.15) is 20.8 Å². The smallest absolute Gasteiger partial charge is 0.435 e. The fourth-order valence-corrected chi connectivity index (χ4v) is 3.03. The molecule has 0 fully saturated rings. The molecule has 2 aromatic carbocycles. The highest BCUT2D eigenvalue weighted by Crippen LogP contribution is 2.34. The first-order valence-electron chi connectivity index (χ1n) is 7.59. The molecular weight excluding hydrogens is 438 g/mol. The lowest BCUT2D eigenvalue weighted by Crippen LogP contribution is -2.27. The summed E-state index contributed by atoms with van der Waals surface area (Å²) in [5.41, 5.74) is -0.102. The minimum Gasteiger partial charge on any atom is -0.453 e. The van der Waals surface area contributed by atoms with Crippen LogP contribution < -0.4 is 4.74 Å². The van der Waals surface area contributed by atoms with E-state index in [0.717, 1.165) is 0 Å². The fraction of sp³-hybridized carbons (Fsp3) is 0.222. The number of hydrogen-bond donors (Lipinski definition) is 0. The van der Waals surface area contributed by atoms with E-state index in [-0.39, 0.29) is 5.75 Å². The second kappa shape index (κ2) is 6.62. The summed E-state index contributed by atoms with van der Waals surface area (Å²) >= 11 is 2.01. The van der Waals surface area contributed by atoms with E-state index in [9.17, 15) is 9.18 Å². The monoisotopic (exact) mass is 454 g/mol. The van der Waals surface area contributed by atoms with E-state index >= 15 is 0 Å². The van der Waals surface area contributed by atoms with Crippen LogP contribution in [0.5, 0.6) is 11.5 Å². The molecular formula is C18H16FIN2O3. The molecule has 5 nitrogen and oxygen atoms in total. The molecule has 7 heteroatoms. The van der Waals surface area contributed by atoms with Crippen LogP contribution in [0.15, 0.2) is 42.5 Å². The number of benzene rings is 2. The van der Waals surface area contributed by atoms with E-state index in [1.165, 1.54) is 10.7 Å². The van der Waals surface area contributed by atoms with E-state index in [1.54, 1.807) is 57.2 Å². The van der Waals surface area contributed by atoms with Gasteiger partial charge in [0.15, 0.2) is 11.6 Å². The summed E-state index contributed by atoms with van der Waals surface area (Å²) in [6.45, 7) is 5.36. The minimum absolute atomic E-state index is 0.107. The van der Waals surface area contributed by atoms with Gasteiger partial charge in [-0.1, -0.05) is 18.2 Å². The van der Waals surface area contributed by atoms with Crippen LogP contribution in [0, 0.1) is 9.52 Å². The first-order chi connectivity index (χ1) is 11.8. The summed E-state index contributed by atoms with van der Waals surface area (Å²) in [6, 6.07) is 11.3. The zero-order chi connectivity index (χ0) is 18.2. The van der Waals surface area contributed by atoms with Crippen molar-refractivity contribution in [3.63, 3.8) is 0 Å². The summed E-state index contributed by atoms with van der Waals surface area (Å²) < 4.78 is 26.7. The van der Waals surface area contributed by atoms with Crippen molar-refractivity contribution in [2.75, 3.05) is 0 Å². The molecule has 3 aromatic rings. The van der Waals surface area contributed by atoms with Gasteiger partial charge in [0, 0.05) is 0 Å². The third kappa shape index (κ3) is 3.76. The van der Waals surface area contributed by atoms with Gasteiger partial charge in [0.1, 0.15) is 15.1 Å². The number of hydrogen-bond acceptors (Lipinski definition) is 4. The molecule has 0 saturated carbocycles. The van der Waals surface area contributed by atoms with Crippen molar-refractivity contribution in [1.29, 1.82) is 0 Å². The van der Waals surface area contributed by atoms with Crippen LogP contribution in [0.2, 0.25) is 0 Å². The Kier molecular flexibility index (Phi) is 4.68. The number of halogens is 2. The Hall–Kier alpha value is -2.16. The molecule has 25 heavy (non-hydrogen) atoms. The van der Waals surface area contributed by atoms with Gasteiger partial charge in [0.2, 0.25) is 0 Å². The van der Waals surface area contributed by atoms with Crippen LogP contribution in [0.4, 0.5) is 9.18 Å². The van der Waals surface area contributed by atoms with Gasteiger partial charge in [-0.15, -0.1) is 0 Å². The van der Waals surface area contributed by atoms with Crippen molar-refractivity contribution in [3.8, 4) is 11.5 Å². The van der Waals surface area contributed by atoms with Crippen LogP contribution in [-0.4, -0.2) is 21.5 Å². The van der Waals surface area contributed by atoms with Crippen molar-refractivity contribution in [2.24, 2.45) is 0 Å². The Morgan fingerprint density at radius 1 is 1.12 bits per heavy atom. The number of nitrogens with zero attached hydrogens (tertiary/aromatic N) is 2. The maximum atomic E-state index is 13.9. The summed E-state index contributed by atoms with van der Waals surface area (Å²) in [4.78, 5) is 12.4. The van der Waals surface area contributed by atoms with Crippen molar-refractivity contribution < 1.29 is 18.7 Å². The van der Waals surface area contributed by atoms with E-state index in [4.69, 9.17) is 9.47 Å². The quantitative estimate of drug-likeness (QED) is 0.490. The molecule has 0 radical (unpaired) electrons. The van der Waals surface area contributed by atoms with Crippen LogP contribution in [0.25, 0.3) is 10.9 Å². The lowest BCUT2D eigenvalue weighted by molar-refractivity contribution is 0.0522. The lowest BCUT2D eigenvalue weighted by atomic mass is 10.2. The normalized spacial score (nSPS) is 11.6. The molecule has 1 heterocycles. The van der Waals surface area contributed by atoms with Crippen molar-refractivity contribution in [2.45, 2.75) is 26.4 Å². The topological polar surface area (TPSA) is 53.4 Å². The molecule has 0 aliphatic rings. The van der Waals surface area contributed by atoms with E-state index < -0.39 is 17.5 Å². The summed E-state index contributed by atoms with van der Waals surface area (Å²) in [6.07, 6.45) is -0.580. The Labute approximate surface area is 157 Å². The number of fused-ring (bicyclic) bond motifs is 1. The van der Waals surface area contributed by atoms with Gasteiger partial charge in [-0.05, 0) is 67.6 Å². The fourth-order valence-electron chi connectivity index (χ4n) is 2.27. The van der Waals surface area contributed by atoms with Gasteiger partial charge in [0.25, 0.3) is 0 Å². The predicted molar refractivity (Wildman–Crippen MR) is 101 cm³/mol. The zero-order valence-corrected chi connectivity index (χ0v) is 16.1. The highest BCUT2D eigenvalue weighted by atomic mass is 127. The molecule has 130 valence electrons. The third-order valence-corrected chi connectivity index (χ3v) is 4.00. The van der Waals surface area contributed by atoms with E-state index in [0.29, 0.717) is 20.4 Å². The molecule has 0 bridgehead atoms. The Morgan fingerprint density at radius 2 is 1.80 bits per heavy atom. The third-order valence-electron chi connectivity index (χ3n) is 3.25.